The molecule has 0 aromatic carbocycles. The molecular weight excluding hydrogens is 334 g/mol. The molecule has 0 spiro atoms. The van der Waals surface area contributed by atoms with Crippen molar-refractivity contribution in [2.24, 2.45) is 0 Å². The molecule has 1 saturated heterocycles. The van der Waals surface area contributed by atoms with Gasteiger partial charge in [-0.1, -0.05) is 0 Å². The summed E-state index contributed by atoms with van der Waals surface area (Å²) < 4.78 is 14.9. The second-order valence-corrected chi connectivity index (χ2v) is 7.10. The van der Waals surface area contributed by atoms with Crippen LogP contribution in [0.4, 0.5) is 0 Å². The number of nitrogens with zero attached hydrogens (tertiary/aromatic N) is 5. The molecular formula is C18H25N5O3. The van der Waals surface area contributed by atoms with Crippen molar-refractivity contribution >= 4 is 5.91 Å². The lowest BCUT2D eigenvalue weighted by atomic mass is 9.98. The molecule has 8 heteroatoms. The van der Waals surface area contributed by atoms with Crippen molar-refractivity contribution in [3.8, 4) is 0 Å². The van der Waals surface area contributed by atoms with Gasteiger partial charge in [0.05, 0.1) is 43.4 Å². The van der Waals surface area contributed by atoms with Gasteiger partial charge in [0.15, 0.2) is 0 Å². The fourth-order valence-corrected chi connectivity index (χ4v) is 3.82. The van der Waals surface area contributed by atoms with Gasteiger partial charge in [-0.05, 0) is 13.8 Å². The van der Waals surface area contributed by atoms with Gasteiger partial charge in [-0.2, -0.15) is 5.10 Å². The van der Waals surface area contributed by atoms with Crippen molar-refractivity contribution in [1.29, 1.82) is 0 Å². The van der Waals surface area contributed by atoms with Crippen LogP contribution in [0.25, 0.3) is 0 Å². The first-order valence-corrected chi connectivity index (χ1v) is 9.09. The number of likely N-dealkylation sites (tertiary alicyclic amines) is 1. The third-order valence-electron chi connectivity index (χ3n) is 5.20. The van der Waals surface area contributed by atoms with Crippen LogP contribution in [-0.2, 0) is 22.4 Å². The van der Waals surface area contributed by atoms with Crippen LogP contribution < -0.4 is 0 Å². The van der Waals surface area contributed by atoms with E-state index in [1.807, 2.05) is 24.9 Å². The van der Waals surface area contributed by atoms with E-state index in [1.165, 1.54) is 0 Å². The first-order valence-electron chi connectivity index (χ1n) is 9.09. The number of carbonyl (C=O) groups is 1. The summed E-state index contributed by atoms with van der Waals surface area (Å²) in [4.78, 5) is 19.2. The number of ether oxygens (including phenoxy) is 2. The van der Waals surface area contributed by atoms with Crippen LogP contribution in [0.2, 0.25) is 0 Å². The van der Waals surface area contributed by atoms with Crippen LogP contribution in [0.3, 0.4) is 0 Å². The first kappa shape index (κ1) is 17.2. The highest BCUT2D eigenvalue weighted by atomic mass is 16.5. The van der Waals surface area contributed by atoms with E-state index >= 15 is 0 Å². The van der Waals surface area contributed by atoms with Gasteiger partial charge < -0.3 is 18.9 Å². The number of fused-ring (bicyclic) bond motifs is 1. The Bertz CT molecular complexity index is 779. The lowest BCUT2D eigenvalue weighted by Gasteiger charge is -2.40. The second kappa shape index (κ2) is 6.85. The smallest absolute Gasteiger partial charge is 0.272 e. The Kier molecular flexibility index (Phi) is 4.54. The highest BCUT2D eigenvalue weighted by Crippen LogP contribution is 2.33. The van der Waals surface area contributed by atoms with Gasteiger partial charge in [-0.3, -0.25) is 9.48 Å². The molecule has 0 aliphatic carbocycles. The predicted octanol–water partition coefficient (Wildman–Crippen LogP) is 1.45. The monoisotopic (exact) mass is 359 g/mol. The summed E-state index contributed by atoms with van der Waals surface area (Å²) in [6, 6.07) is 0.300. The van der Waals surface area contributed by atoms with Gasteiger partial charge in [0, 0.05) is 44.6 Å². The minimum absolute atomic E-state index is 0.0486. The predicted molar refractivity (Wildman–Crippen MR) is 93.9 cm³/mol. The van der Waals surface area contributed by atoms with Crippen molar-refractivity contribution in [2.75, 3.05) is 26.8 Å². The highest BCUT2D eigenvalue weighted by Gasteiger charge is 2.38. The van der Waals surface area contributed by atoms with Crippen LogP contribution in [-0.4, -0.2) is 63.0 Å². The molecule has 4 rings (SSSR count). The maximum absolute atomic E-state index is 13.2. The lowest BCUT2D eigenvalue weighted by Crippen LogP contribution is -2.51. The van der Waals surface area contributed by atoms with E-state index in [1.54, 1.807) is 24.3 Å². The number of hydrogen-bond donors (Lipinski definition) is 0. The summed E-state index contributed by atoms with van der Waals surface area (Å²) in [6.45, 7) is 6.50. The number of imidazole rings is 1. The van der Waals surface area contributed by atoms with Crippen molar-refractivity contribution in [2.45, 2.75) is 45.1 Å². The second-order valence-electron chi connectivity index (χ2n) is 7.10. The Balaban J connectivity index is 1.59. The fourth-order valence-electron chi connectivity index (χ4n) is 3.82. The summed E-state index contributed by atoms with van der Waals surface area (Å²) in [6.07, 6.45) is 6.21. The van der Waals surface area contributed by atoms with Gasteiger partial charge in [0.25, 0.3) is 5.91 Å². The van der Waals surface area contributed by atoms with Crippen LogP contribution in [0, 0.1) is 0 Å². The maximum atomic E-state index is 13.2. The Morgan fingerprint density at radius 2 is 2.19 bits per heavy atom. The third-order valence-corrected chi connectivity index (χ3v) is 5.20. The molecule has 8 nitrogen and oxygen atoms in total. The van der Waals surface area contributed by atoms with E-state index in [0.717, 1.165) is 11.3 Å². The number of rotatable bonds is 5. The Morgan fingerprint density at radius 1 is 1.38 bits per heavy atom. The molecule has 0 unspecified atom stereocenters. The van der Waals surface area contributed by atoms with Gasteiger partial charge in [0.1, 0.15) is 5.69 Å². The van der Waals surface area contributed by atoms with E-state index in [2.05, 4.69) is 14.6 Å². The van der Waals surface area contributed by atoms with Crippen LogP contribution in [0.1, 0.15) is 47.7 Å². The van der Waals surface area contributed by atoms with Crippen LogP contribution >= 0.6 is 0 Å². The summed E-state index contributed by atoms with van der Waals surface area (Å²) in [5, 5.41) is 4.68. The molecule has 0 radical (unpaired) electrons. The SMILES string of the molecule is COCCn1nc2c(c1C(=O)N1CC(n3ccnc3)C1)C[C@H](C)O[C@@H]2C. The minimum atomic E-state index is -0.0980. The standard InChI is InChI=1S/C18H25N5O3/c1-12-8-15-16(13(2)26-12)20-23(6-7-25-3)17(15)18(24)22-9-14(10-22)21-5-4-19-11-21/h4-5,11-14H,6-10H2,1-3H3/t12-,13+/m0/s1. The maximum Gasteiger partial charge on any atom is 0.272 e. The first-order chi connectivity index (χ1) is 12.6. The molecule has 2 aliphatic rings. The molecule has 26 heavy (non-hydrogen) atoms. The normalized spacial score (nSPS) is 23.0. The van der Waals surface area contributed by atoms with Gasteiger partial charge in [-0.25, -0.2) is 4.98 Å². The van der Waals surface area contributed by atoms with Crippen molar-refractivity contribution < 1.29 is 14.3 Å². The van der Waals surface area contributed by atoms with Crippen molar-refractivity contribution in [3.63, 3.8) is 0 Å². The number of aromatic nitrogens is 4. The molecule has 0 bridgehead atoms. The van der Waals surface area contributed by atoms with Crippen LogP contribution in [0.15, 0.2) is 18.7 Å². The zero-order valence-electron chi connectivity index (χ0n) is 15.5. The molecule has 2 atom stereocenters. The number of methoxy groups -OCH3 is 1. The number of carbonyl (C=O) groups excluding carboxylic acids is 1. The van der Waals surface area contributed by atoms with E-state index in [0.29, 0.717) is 44.4 Å². The molecule has 2 aromatic rings. The number of hydrogen-bond acceptors (Lipinski definition) is 5. The van der Waals surface area contributed by atoms with E-state index in [-0.39, 0.29) is 18.1 Å². The van der Waals surface area contributed by atoms with Gasteiger partial charge in [-0.15, -0.1) is 0 Å². The fraction of sp³-hybridized carbons (Fsp3) is 0.611. The minimum Gasteiger partial charge on any atom is -0.383 e. The molecule has 0 saturated carbocycles. The molecule has 2 aliphatic heterocycles. The molecule has 1 fully saturated rings. The van der Waals surface area contributed by atoms with Gasteiger partial charge in [0.2, 0.25) is 0 Å². The average molecular weight is 359 g/mol. The summed E-state index contributed by atoms with van der Waals surface area (Å²) in [5.74, 6) is 0.0486. The van der Waals surface area contributed by atoms with Crippen molar-refractivity contribution in [1.82, 2.24) is 24.2 Å². The largest absolute Gasteiger partial charge is 0.383 e. The summed E-state index contributed by atoms with van der Waals surface area (Å²) in [5.41, 5.74) is 2.61. The average Bonchev–Trinajstić information content (AvgIpc) is 3.19. The van der Waals surface area contributed by atoms with Crippen molar-refractivity contribution in [3.05, 3.63) is 35.7 Å². The Hall–Kier alpha value is -2.19. The summed E-state index contributed by atoms with van der Waals surface area (Å²) >= 11 is 0. The Labute approximate surface area is 152 Å². The van der Waals surface area contributed by atoms with Crippen LogP contribution in [0.5, 0.6) is 0 Å². The van der Waals surface area contributed by atoms with Gasteiger partial charge >= 0.3 is 0 Å². The Morgan fingerprint density at radius 3 is 2.88 bits per heavy atom. The topological polar surface area (TPSA) is 74.4 Å². The van der Waals surface area contributed by atoms with E-state index in [9.17, 15) is 4.79 Å². The zero-order chi connectivity index (χ0) is 18.3. The molecule has 4 heterocycles. The molecule has 1 amide bonds. The third kappa shape index (κ3) is 2.93. The molecule has 0 N–H and O–H groups in total. The summed E-state index contributed by atoms with van der Waals surface area (Å²) in [7, 11) is 1.66. The van der Waals surface area contributed by atoms with E-state index in [4.69, 9.17) is 9.47 Å². The van der Waals surface area contributed by atoms with E-state index < -0.39 is 0 Å². The molecule has 140 valence electrons. The molecule has 2 aromatic heterocycles. The number of amides is 1. The highest BCUT2D eigenvalue weighted by molar-refractivity contribution is 5.95. The lowest BCUT2D eigenvalue weighted by molar-refractivity contribution is -0.00726. The zero-order valence-corrected chi connectivity index (χ0v) is 15.5. The quantitative estimate of drug-likeness (QED) is 0.808.